The zero-order chi connectivity index (χ0) is 16.2. The molecule has 23 heavy (non-hydrogen) atoms. The highest BCUT2D eigenvalue weighted by Crippen LogP contribution is 2.23. The number of ether oxygens (including phenoxy) is 2. The van der Waals surface area contributed by atoms with Gasteiger partial charge in [-0.05, 0) is 17.7 Å². The maximum Gasteiger partial charge on any atom is 0.163 e. The van der Waals surface area contributed by atoms with Gasteiger partial charge in [0.15, 0.2) is 5.82 Å². The Morgan fingerprint density at radius 3 is 3.04 bits per heavy atom. The van der Waals surface area contributed by atoms with E-state index in [1.807, 2.05) is 29.8 Å². The van der Waals surface area contributed by atoms with E-state index in [1.165, 1.54) is 0 Å². The molecule has 1 aliphatic rings. The molecule has 7 nitrogen and oxygen atoms in total. The first-order valence-corrected chi connectivity index (χ1v) is 7.46. The van der Waals surface area contributed by atoms with Crippen molar-refractivity contribution < 1.29 is 9.47 Å². The number of rotatable bonds is 4. The third-order valence-electron chi connectivity index (χ3n) is 3.98. The summed E-state index contributed by atoms with van der Waals surface area (Å²) in [5.74, 6) is 1.44. The normalized spacial score (nSPS) is 18.6. The van der Waals surface area contributed by atoms with E-state index in [4.69, 9.17) is 9.47 Å². The second-order valence-electron chi connectivity index (χ2n) is 5.54. The van der Waals surface area contributed by atoms with Crippen molar-refractivity contribution in [1.82, 2.24) is 19.7 Å². The molecule has 0 amide bonds. The van der Waals surface area contributed by atoms with Gasteiger partial charge >= 0.3 is 0 Å². The van der Waals surface area contributed by atoms with Crippen molar-refractivity contribution >= 4 is 0 Å². The Hall–Kier alpha value is -2.43. The predicted molar refractivity (Wildman–Crippen MR) is 82.7 cm³/mol. The molecular weight excluding hydrogens is 294 g/mol. The van der Waals surface area contributed by atoms with Gasteiger partial charge in [-0.2, -0.15) is 5.26 Å². The van der Waals surface area contributed by atoms with Gasteiger partial charge in [-0.3, -0.25) is 4.90 Å². The lowest BCUT2D eigenvalue weighted by molar-refractivity contribution is -0.0385. The zero-order valence-corrected chi connectivity index (χ0v) is 13.3. The van der Waals surface area contributed by atoms with Crippen LogP contribution in [0.3, 0.4) is 0 Å². The van der Waals surface area contributed by atoms with Crippen LogP contribution in [0.25, 0.3) is 0 Å². The van der Waals surface area contributed by atoms with Crippen molar-refractivity contribution in [1.29, 1.82) is 5.26 Å². The van der Waals surface area contributed by atoms with Crippen LogP contribution in [0.5, 0.6) is 5.75 Å². The van der Waals surface area contributed by atoms with Gasteiger partial charge < -0.3 is 14.0 Å². The quantitative estimate of drug-likeness (QED) is 0.846. The Morgan fingerprint density at radius 2 is 2.35 bits per heavy atom. The first kappa shape index (κ1) is 15.5. The number of nitrogens with zero attached hydrogens (tertiary/aromatic N) is 5. The first-order chi connectivity index (χ1) is 11.2. The van der Waals surface area contributed by atoms with Crippen molar-refractivity contribution in [2.45, 2.75) is 12.6 Å². The molecule has 1 aromatic carbocycles. The second kappa shape index (κ2) is 6.77. The number of hydrogen-bond acceptors (Lipinski definition) is 6. The highest BCUT2D eigenvalue weighted by Gasteiger charge is 2.25. The summed E-state index contributed by atoms with van der Waals surface area (Å²) in [6, 6.07) is 7.89. The number of aryl methyl sites for hydroxylation is 1. The van der Waals surface area contributed by atoms with Gasteiger partial charge in [0.1, 0.15) is 24.3 Å². The molecule has 2 aromatic rings. The van der Waals surface area contributed by atoms with Crippen molar-refractivity contribution in [3.05, 3.63) is 41.5 Å². The maximum absolute atomic E-state index is 9.20. The summed E-state index contributed by atoms with van der Waals surface area (Å²) in [5, 5.41) is 17.2. The van der Waals surface area contributed by atoms with E-state index in [0.29, 0.717) is 17.9 Å². The van der Waals surface area contributed by atoms with Crippen LogP contribution in [0.15, 0.2) is 24.5 Å². The maximum atomic E-state index is 9.20. The van der Waals surface area contributed by atoms with Crippen LogP contribution in [0.4, 0.5) is 0 Å². The van der Waals surface area contributed by atoms with Crippen LogP contribution < -0.4 is 4.74 Å². The highest BCUT2D eigenvalue weighted by molar-refractivity contribution is 5.45. The molecule has 0 radical (unpaired) electrons. The Morgan fingerprint density at radius 1 is 1.48 bits per heavy atom. The Balaban J connectivity index is 1.71. The highest BCUT2D eigenvalue weighted by atomic mass is 16.5. The van der Waals surface area contributed by atoms with E-state index in [9.17, 15) is 5.26 Å². The van der Waals surface area contributed by atoms with Crippen LogP contribution in [0.2, 0.25) is 0 Å². The number of nitriles is 1. The molecule has 120 valence electrons. The van der Waals surface area contributed by atoms with E-state index < -0.39 is 0 Å². The first-order valence-electron chi connectivity index (χ1n) is 7.46. The average Bonchev–Trinajstić information content (AvgIpc) is 3.01. The Labute approximate surface area is 135 Å². The summed E-state index contributed by atoms with van der Waals surface area (Å²) >= 11 is 0. The number of hydrogen-bond donors (Lipinski definition) is 0. The van der Waals surface area contributed by atoms with Crippen LogP contribution in [0.1, 0.15) is 23.1 Å². The molecule has 1 aliphatic heterocycles. The molecule has 1 atom stereocenters. The summed E-state index contributed by atoms with van der Waals surface area (Å²) in [7, 11) is 3.49. The number of morpholine rings is 1. The molecule has 1 aromatic heterocycles. The van der Waals surface area contributed by atoms with Crippen LogP contribution in [-0.2, 0) is 18.3 Å². The fourth-order valence-corrected chi connectivity index (χ4v) is 2.79. The van der Waals surface area contributed by atoms with E-state index >= 15 is 0 Å². The van der Waals surface area contributed by atoms with E-state index in [-0.39, 0.29) is 6.10 Å². The lowest BCUT2D eigenvalue weighted by atomic mass is 10.1. The summed E-state index contributed by atoms with van der Waals surface area (Å²) in [5.41, 5.74) is 1.64. The monoisotopic (exact) mass is 313 g/mol. The fourth-order valence-electron chi connectivity index (χ4n) is 2.79. The molecule has 7 heteroatoms. The van der Waals surface area contributed by atoms with E-state index in [2.05, 4.69) is 21.2 Å². The van der Waals surface area contributed by atoms with E-state index in [1.54, 1.807) is 13.4 Å². The molecule has 0 saturated carbocycles. The van der Waals surface area contributed by atoms with E-state index in [0.717, 1.165) is 31.0 Å². The predicted octanol–water partition coefficient (Wildman–Crippen LogP) is 1.27. The third-order valence-corrected chi connectivity index (χ3v) is 3.98. The van der Waals surface area contributed by atoms with Crippen molar-refractivity contribution in [3.8, 4) is 11.8 Å². The molecule has 0 aliphatic carbocycles. The lowest BCUT2D eigenvalue weighted by Crippen LogP contribution is -2.38. The molecule has 1 saturated heterocycles. The molecule has 3 rings (SSSR count). The standard InChI is InChI=1S/C16H19N5O2/c1-20-11-18-19-16(20)15-10-21(5-6-23-15)9-12-3-4-14(22-2)13(7-12)8-17/h3-4,7,11,15H,5-6,9-10H2,1-2H3/t15-/m0/s1. The van der Waals surface area contributed by atoms with Crippen LogP contribution >= 0.6 is 0 Å². The molecular formula is C16H19N5O2. The minimum atomic E-state index is -0.0788. The van der Waals surface area contributed by atoms with Crippen molar-refractivity contribution in [2.75, 3.05) is 26.8 Å². The number of methoxy groups -OCH3 is 1. The van der Waals surface area contributed by atoms with Gasteiger partial charge in [-0.1, -0.05) is 6.07 Å². The number of benzene rings is 1. The van der Waals surface area contributed by atoms with Gasteiger partial charge in [0.05, 0.1) is 19.3 Å². The van der Waals surface area contributed by atoms with Gasteiger partial charge in [0.2, 0.25) is 0 Å². The Bertz CT molecular complexity index is 722. The van der Waals surface area contributed by atoms with Gasteiger partial charge in [0, 0.05) is 26.7 Å². The summed E-state index contributed by atoms with van der Waals surface area (Å²) in [6.45, 7) is 3.01. The Kier molecular flexibility index (Phi) is 4.55. The molecule has 0 unspecified atom stereocenters. The largest absolute Gasteiger partial charge is 0.495 e. The van der Waals surface area contributed by atoms with Gasteiger partial charge in [0.25, 0.3) is 0 Å². The summed E-state index contributed by atoms with van der Waals surface area (Å²) in [6.07, 6.45) is 1.60. The van der Waals surface area contributed by atoms with Gasteiger partial charge in [-0.25, -0.2) is 0 Å². The topological polar surface area (TPSA) is 76.2 Å². The third kappa shape index (κ3) is 3.33. The smallest absolute Gasteiger partial charge is 0.163 e. The molecule has 0 spiro atoms. The second-order valence-corrected chi connectivity index (χ2v) is 5.54. The summed E-state index contributed by atoms with van der Waals surface area (Å²) < 4.78 is 12.9. The zero-order valence-electron chi connectivity index (χ0n) is 13.3. The number of aromatic nitrogens is 3. The van der Waals surface area contributed by atoms with Crippen LogP contribution in [0, 0.1) is 11.3 Å². The van der Waals surface area contributed by atoms with Crippen LogP contribution in [-0.4, -0.2) is 46.5 Å². The minimum absolute atomic E-state index is 0.0788. The van der Waals surface area contributed by atoms with Crippen molar-refractivity contribution in [3.63, 3.8) is 0 Å². The fraction of sp³-hybridized carbons (Fsp3) is 0.438. The minimum Gasteiger partial charge on any atom is -0.495 e. The molecule has 0 bridgehead atoms. The molecule has 2 heterocycles. The lowest BCUT2D eigenvalue weighted by Gasteiger charge is -2.32. The summed E-state index contributed by atoms with van der Waals surface area (Å²) in [4.78, 5) is 2.30. The molecule has 0 N–H and O–H groups in total. The SMILES string of the molecule is COc1ccc(CN2CCO[C@H](c3nncn3C)C2)cc1C#N. The molecule has 1 fully saturated rings. The van der Waals surface area contributed by atoms with Gasteiger partial charge in [-0.15, -0.1) is 10.2 Å². The average molecular weight is 313 g/mol. The van der Waals surface area contributed by atoms with Crippen molar-refractivity contribution in [2.24, 2.45) is 7.05 Å².